The molecule has 2 atom stereocenters. The summed E-state index contributed by atoms with van der Waals surface area (Å²) in [7, 11) is 1.89. The van der Waals surface area contributed by atoms with E-state index >= 15 is 0 Å². The van der Waals surface area contributed by atoms with Crippen LogP contribution in [0.1, 0.15) is 47.5 Å². The molecule has 0 bridgehead atoms. The molecule has 4 aromatic rings. The van der Waals surface area contributed by atoms with Crippen molar-refractivity contribution in [2.45, 2.75) is 38.7 Å². The predicted molar refractivity (Wildman–Crippen MR) is 121 cm³/mol. The first-order valence-corrected chi connectivity index (χ1v) is 11.0. The van der Waals surface area contributed by atoms with Gasteiger partial charge in [0.05, 0.1) is 18.0 Å². The van der Waals surface area contributed by atoms with E-state index in [1.165, 1.54) is 6.07 Å². The highest BCUT2D eigenvalue weighted by Gasteiger charge is 2.29. The molecule has 1 fully saturated rings. The smallest absolute Gasteiger partial charge is 0.163 e. The molecule has 5 rings (SSSR count). The van der Waals surface area contributed by atoms with Crippen molar-refractivity contribution >= 4 is 22.6 Å². The van der Waals surface area contributed by atoms with Crippen molar-refractivity contribution in [2.24, 2.45) is 7.05 Å². The fraction of sp³-hybridized carbons (Fsp3) is 0.333. The third-order valence-corrected chi connectivity index (χ3v) is 6.32. The van der Waals surface area contributed by atoms with Gasteiger partial charge in [-0.1, -0.05) is 11.6 Å². The van der Waals surface area contributed by atoms with Gasteiger partial charge in [-0.3, -0.25) is 4.68 Å². The Morgan fingerprint density at radius 1 is 1.16 bits per heavy atom. The zero-order valence-electron chi connectivity index (χ0n) is 18.1. The fourth-order valence-corrected chi connectivity index (χ4v) is 4.36. The third kappa shape index (κ3) is 3.87. The topological polar surface area (TPSA) is 65.7 Å². The van der Waals surface area contributed by atoms with E-state index in [4.69, 9.17) is 31.3 Å². The van der Waals surface area contributed by atoms with E-state index in [1.807, 2.05) is 39.4 Å². The van der Waals surface area contributed by atoms with Gasteiger partial charge in [-0.2, -0.15) is 5.10 Å². The Kier molecular flexibility index (Phi) is 5.39. The molecule has 164 valence electrons. The van der Waals surface area contributed by atoms with Crippen molar-refractivity contribution in [2.75, 3.05) is 6.61 Å². The number of rotatable bonds is 3. The molecule has 6 nitrogen and oxygen atoms in total. The minimum absolute atomic E-state index is 0.0656. The van der Waals surface area contributed by atoms with Gasteiger partial charge < -0.3 is 4.74 Å². The summed E-state index contributed by atoms with van der Waals surface area (Å²) in [6.07, 6.45) is 5.23. The molecule has 1 saturated heterocycles. The van der Waals surface area contributed by atoms with Crippen LogP contribution in [0.3, 0.4) is 0 Å². The van der Waals surface area contributed by atoms with Crippen LogP contribution in [-0.4, -0.2) is 31.3 Å². The van der Waals surface area contributed by atoms with Gasteiger partial charge in [0.25, 0.3) is 0 Å². The van der Waals surface area contributed by atoms with Gasteiger partial charge in [0, 0.05) is 53.0 Å². The largest absolute Gasteiger partial charge is 0.373 e. The van der Waals surface area contributed by atoms with Crippen molar-refractivity contribution in [1.29, 1.82) is 0 Å². The lowest BCUT2D eigenvalue weighted by Gasteiger charge is -2.28. The molecule has 4 heterocycles. The highest BCUT2D eigenvalue weighted by Crippen LogP contribution is 2.38. The lowest BCUT2D eigenvalue weighted by molar-refractivity contribution is 0.00398. The molecule has 0 saturated carbocycles. The second-order valence-corrected chi connectivity index (χ2v) is 8.78. The van der Waals surface area contributed by atoms with E-state index in [0.29, 0.717) is 34.4 Å². The van der Waals surface area contributed by atoms with Crippen LogP contribution < -0.4 is 0 Å². The molecular formula is C24H23ClFN5O. The molecule has 8 heteroatoms. The molecule has 0 unspecified atom stereocenters. The van der Waals surface area contributed by atoms with Crippen molar-refractivity contribution < 1.29 is 9.13 Å². The summed E-state index contributed by atoms with van der Waals surface area (Å²) < 4.78 is 22.7. The molecule has 0 N–H and O–H groups in total. The summed E-state index contributed by atoms with van der Waals surface area (Å²) in [6.45, 7) is 4.53. The average molecular weight is 452 g/mol. The molecular weight excluding hydrogens is 429 g/mol. The van der Waals surface area contributed by atoms with E-state index < -0.39 is 5.82 Å². The Labute approximate surface area is 190 Å². The van der Waals surface area contributed by atoms with Crippen LogP contribution in [-0.2, 0) is 11.8 Å². The average Bonchev–Trinajstić information content (AvgIpc) is 3.21. The lowest BCUT2D eigenvalue weighted by Crippen LogP contribution is -2.20. The molecule has 3 aromatic heterocycles. The van der Waals surface area contributed by atoms with Gasteiger partial charge in [0.1, 0.15) is 11.6 Å². The summed E-state index contributed by atoms with van der Waals surface area (Å²) in [4.78, 5) is 14.4. The second-order valence-electron chi connectivity index (χ2n) is 8.34. The van der Waals surface area contributed by atoms with Crippen LogP contribution in [0, 0.1) is 19.7 Å². The van der Waals surface area contributed by atoms with Crippen LogP contribution in [0.2, 0.25) is 5.02 Å². The maximum absolute atomic E-state index is 14.9. The normalized spacial score (nSPS) is 18.9. The van der Waals surface area contributed by atoms with E-state index in [0.717, 1.165) is 35.0 Å². The van der Waals surface area contributed by atoms with E-state index in [1.54, 1.807) is 16.8 Å². The molecule has 0 radical (unpaired) electrons. The molecule has 0 spiro atoms. The van der Waals surface area contributed by atoms with E-state index in [2.05, 4.69) is 5.10 Å². The zero-order valence-corrected chi connectivity index (χ0v) is 18.9. The minimum atomic E-state index is -0.415. The zero-order chi connectivity index (χ0) is 22.4. The first kappa shape index (κ1) is 21.0. The number of aromatic nitrogens is 5. The Bertz CT molecular complexity index is 1320. The standard InChI is InChI=1S/C24H23ClFN5O/c1-13-8-19-22(18-5-4-17(25)10-20(18)26)29-23(30-24(19)28-14(13)2)15-6-7-32-21(9-15)16-11-27-31(3)12-16/h4-5,8,10-12,15,21H,6-7,9H2,1-3H3/t15-,21+/m1/s1. The number of pyridine rings is 1. The maximum Gasteiger partial charge on any atom is 0.163 e. The Hall–Kier alpha value is -2.90. The molecule has 32 heavy (non-hydrogen) atoms. The summed E-state index contributed by atoms with van der Waals surface area (Å²) in [5, 5.41) is 5.34. The number of aryl methyl sites for hydroxylation is 3. The number of hydrogen-bond donors (Lipinski definition) is 0. The number of benzene rings is 1. The summed E-state index contributed by atoms with van der Waals surface area (Å²) in [6, 6.07) is 6.63. The van der Waals surface area contributed by atoms with Gasteiger partial charge in [0.15, 0.2) is 5.65 Å². The molecule has 1 aliphatic rings. The van der Waals surface area contributed by atoms with Gasteiger partial charge in [-0.15, -0.1) is 0 Å². The molecule has 0 aliphatic carbocycles. The van der Waals surface area contributed by atoms with Crippen LogP contribution in [0.4, 0.5) is 4.39 Å². The fourth-order valence-electron chi connectivity index (χ4n) is 4.20. The van der Waals surface area contributed by atoms with Crippen molar-refractivity contribution in [3.05, 3.63) is 70.1 Å². The first-order valence-electron chi connectivity index (χ1n) is 10.6. The quantitative estimate of drug-likeness (QED) is 0.413. The maximum atomic E-state index is 14.9. The van der Waals surface area contributed by atoms with E-state index in [9.17, 15) is 4.39 Å². The monoisotopic (exact) mass is 451 g/mol. The Morgan fingerprint density at radius 2 is 2.00 bits per heavy atom. The molecule has 0 amide bonds. The van der Waals surface area contributed by atoms with Gasteiger partial charge in [0.2, 0.25) is 0 Å². The highest BCUT2D eigenvalue weighted by atomic mass is 35.5. The van der Waals surface area contributed by atoms with Gasteiger partial charge in [-0.05, 0) is 56.5 Å². The number of ether oxygens (including phenoxy) is 1. The number of hydrogen-bond acceptors (Lipinski definition) is 5. The van der Waals surface area contributed by atoms with Gasteiger partial charge >= 0.3 is 0 Å². The second kappa shape index (κ2) is 8.22. The summed E-state index contributed by atoms with van der Waals surface area (Å²) in [5.41, 5.74) is 4.44. The molecule has 1 aromatic carbocycles. The van der Waals surface area contributed by atoms with E-state index in [-0.39, 0.29) is 12.0 Å². The molecule has 1 aliphatic heterocycles. The first-order chi connectivity index (χ1) is 15.4. The van der Waals surface area contributed by atoms with Gasteiger partial charge in [-0.25, -0.2) is 19.3 Å². The number of nitrogens with zero attached hydrogens (tertiary/aromatic N) is 5. The van der Waals surface area contributed by atoms with Crippen LogP contribution >= 0.6 is 11.6 Å². The minimum Gasteiger partial charge on any atom is -0.373 e. The Balaban J connectivity index is 1.62. The lowest BCUT2D eigenvalue weighted by atomic mass is 9.92. The van der Waals surface area contributed by atoms with Crippen molar-refractivity contribution in [1.82, 2.24) is 24.7 Å². The van der Waals surface area contributed by atoms with Crippen molar-refractivity contribution in [3.63, 3.8) is 0 Å². The van der Waals surface area contributed by atoms with Crippen LogP contribution in [0.25, 0.3) is 22.3 Å². The number of fused-ring (bicyclic) bond motifs is 1. The third-order valence-electron chi connectivity index (χ3n) is 6.08. The predicted octanol–water partition coefficient (Wildman–Crippen LogP) is 5.47. The Morgan fingerprint density at radius 3 is 2.75 bits per heavy atom. The van der Waals surface area contributed by atoms with Crippen LogP contribution in [0.5, 0.6) is 0 Å². The van der Waals surface area contributed by atoms with Crippen molar-refractivity contribution in [3.8, 4) is 11.3 Å². The summed E-state index contributed by atoms with van der Waals surface area (Å²) >= 11 is 5.99. The van der Waals surface area contributed by atoms with Crippen LogP contribution in [0.15, 0.2) is 36.7 Å². The SMILES string of the molecule is Cc1cc2c(-c3ccc(Cl)cc3F)nc([C@@H]3CCO[C@H](c4cnn(C)c4)C3)nc2nc1C. The summed E-state index contributed by atoms with van der Waals surface area (Å²) in [5.74, 6) is 0.313. The number of halogens is 2. The highest BCUT2D eigenvalue weighted by molar-refractivity contribution is 6.30.